The Balaban J connectivity index is 2.84. The molecule has 4 nitrogen and oxygen atoms in total. The Kier molecular flexibility index (Phi) is 3.06. The summed E-state index contributed by atoms with van der Waals surface area (Å²) >= 11 is 0. The van der Waals surface area contributed by atoms with Gasteiger partial charge in [-0.2, -0.15) is 5.10 Å². The van der Waals surface area contributed by atoms with E-state index in [4.69, 9.17) is 5.11 Å². The molecule has 1 heterocycles. The van der Waals surface area contributed by atoms with Crippen LogP contribution in [0.1, 0.15) is 43.2 Å². The van der Waals surface area contributed by atoms with Gasteiger partial charge in [0, 0.05) is 6.20 Å². The molecule has 0 aliphatic rings. The average Bonchev–Trinajstić information content (AvgIpc) is 2.56. The number of rotatable bonds is 4. The minimum atomic E-state index is -0.968. The van der Waals surface area contributed by atoms with Crippen molar-refractivity contribution in [3.05, 3.63) is 18.0 Å². The summed E-state index contributed by atoms with van der Waals surface area (Å²) in [6, 6.07) is 1.84. The molecular weight excluding hydrogens is 168 g/mol. The summed E-state index contributed by atoms with van der Waals surface area (Å²) in [5.41, 5.74) is 0.118. The first-order valence-electron chi connectivity index (χ1n) is 4.47. The summed E-state index contributed by atoms with van der Waals surface area (Å²) < 4.78 is 1.73. The van der Waals surface area contributed by atoms with E-state index in [0.717, 1.165) is 12.8 Å². The highest BCUT2D eigenvalue weighted by molar-refractivity contribution is 5.85. The molecule has 0 amide bonds. The highest BCUT2D eigenvalue weighted by atomic mass is 16.4. The van der Waals surface area contributed by atoms with E-state index in [2.05, 4.69) is 18.9 Å². The Morgan fingerprint density at radius 2 is 2.23 bits per heavy atom. The second-order valence-corrected chi connectivity index (χ2v) is 2.96. The van der Waals surface area contributed by atoms with Crippen LogP contribution in [0.25, 0.3) is 0 Å². The average molecular weight is 182 g/mol. The number of carboxylic acids is 1. The summed E-state index contributed by atoms with van der Waals surface area (Å²) in [4.78, 5) is 10.5. The maximum atomic E-state index is 10.5. The van der Waals surface area contributed by atoms with E-state index in [1.807, 2.05) is 0 Å². The SMILES string of the molecule is CCC(CC)n1ccc(C(=O)O)n1. The normalized spacial score (nSPS) is 10.7. The smallest absolute Gasteiger partial charge is 0.356 e. The van der Waals surface area contributed by atoms with Gasteiger partial charge < -0.3 is 5.11 Å². The minimum absolute atomic E-state index is 0.118. The molecule has 0 aromatic carbocycles. The molecule has 13 heavy (non-hydrogen) atoms. The van der Waals surface area contributed by atoms with Crippen molar-refractivity contribution >= 4 is 5.97 Å². The number of carboxylic acid groups (broad SMARTS) is 1. The second kappa shape index (κ2) is 4.07. The van der Waals surface area contributed by atoms with Crippen LogP contribution in [0.15, 0.2) is 12.3 Å². The first-order chi connectivity index (χ1) is 6.19. The van der Waals surface area contributed by atoms with Crippen LogP contribution in [0.4, 0.5) is 0 Å². The van der Waals surface area contributed by atoms with Crippen LogP contribution in [0, 0.1) is 0 Å². The Labute approximate surface area is 77.2 Å². The lowest BCUT2D eigenvalue weighted by molar-refractivity contribution is 0.0689. The Morgan fingerprint density at radius 1 is 1.62 bits per heavy atom. The van der Waals surface area contributed by atoms with E-state index in [9.17, 15) is 4.79 Å². The van der Waals surface area contributed by atoms with Crippen LogP contribution >= 0.6 is 0 Å². The summed E-state index contributed by atoms with van der Waals surface area (Å²) in [5, 5.41) is 12.6. The number of aromatic carboxylic acids is 1. The predicted molar refractivity (Wildman–Crippen MR) is 48.8 cm³/mol. The van der Waals surface area contributed by atoms with Gasteiger partial charge in [0.2, 0.25) is 0 Å². The minimum Gasteiger partial charge on any atom is -0.476 e. The third-order valence-corrected chi connectivity index (χ3v) is 2.14. The molecule has 1 aromatic rings. The van der Waals surface area contributed by atoms with Crippen LogP contribution in [0.3, 0.4) is 0 Å². The van der Waals surface area contributed by atoms with Gasteiger partial charge in [0.15, 0.2) is 5.69 Å². The van der Waals surface area contributed by atoms with Gasteiger partial charge in [-0.3, -0.25) is 4.68 Å². The van der Waals surface area contributed by atoms with E-state index in [0.29, 0.717) is 6.04 Å². The monoisotopic (exact) mass is 182 g/mol. The predicted octanol–water partition coefficient (Wildman–Crippen LogP) is 1.94. The quantitative estimate of drug-likeness (QED) is 0.774. The third kappa shape index (κ3) is 2.08. The van der Waals surface area contributed by atoms with Crippen molar-refractivity contribution in [2.45, 2.75) is 32.7 Å². The third-order valence-electron chi connectivity index (χ3n) is 2.14. The van der Waals surface area contributed by atoms with Crippen molar-refractivity contribution in [3.63, 3.8) is 0 Å². The van der Waals surface area contributed by atoms with Crippen molar-refractivity contribution in [2.75, 3.05) is 0 Å². The van der Waals surface area contributed by atoms with Gasteiger partial charge in [-0.1, -0.05) is 13.8 Å². The Hall–Kier alpha value is -1.32. The first kappa shape index (κ1) is 9.77. The molecule has 1 rings (SSSR count). The van der Waals surface area contributed by atoms with E-state index >= 15 is 0 Å². The van der Waals surface area contributed by atoms with Crippen LogP contribution in [-0.2, 0) is 0 Å². The summed E-state index contributed by atoms with van der Waals surface area (Å²) in [6.45, 7) is 4.13. The van der Waals surface area contributed by atoms with E-state index < -0.39 is 5.97 Å². The molecule has 0 aliphatic carbocycles. The number of nitrogens with zero attached hydrogens (tertiary/aromatic N) is 2. The zero-order valence-electron chi connectivity index (χ0n) is 7.90. The van der Waals surface area contributed by atoms with Crippen LogP contribution in [0.5, 0.6) is 0 Å². The Bertz CT molecular complexity index is 290. The van der Waals surface area contributed by atoms with Gasteiger partial charge >= 0.3 is 5.97 Å². The van der Waals surface area contributed by atoms with E-state index in [1.165, 1.54) is 6.07 Å². The molecule has 0 bridgehead atoms. The molecule has 0 aliphatic heterocycles. The first-order valence-corrected chi connectivity index (χ1v) is 4.47. The summed E-state index contributed by atoms with van der Waals surface area (Å²) in [6.07, 6.45) is 3.66. The maximum Gasteiger partial charge on any atom is 0.356 e. The van der Waals surface area contributed by atoms with Gasteiger partial charge in [0.25, 0.3) is 0 Å². The van der Waals surface area contributed by atoms with Crippen molar-refractivity contribution in [1.82, 2.24) is 9.78 Å². The zero-order valence-corrected chi connectivity index (χ0v) is 7.90. The maximum absolute atomic E-state index is 10.5. The molecule has 0 radical (unpaired) electrons. The fourth-order valence-electron chi connectivity index (χ4n) is 1.32. The lowest BCUT2D eigenvalue weighted by atomic mass is 10.2. The second-order valence-electron chi connectivity index (χ2n) is 2.96. The molecular formula is C9H14N2O2. The molecule has 4 heteroatoms. The van der Waals surface area contributed by atoms with Crippen LogP contribution in [-0.4, -0.2) is 20.9 Å². The van der Waals surface area contributed by atoms with Gasteiger partial charge in [0.1, 0.15) is 0 Å². The highest BCUT2D eigenvalue weighted by Crippen LogP contribution is 2.14. The fraction of sp³-hybridized carbons (Fsp3) is 0.556. The highest BCUT2D eigenvalue weighted by Gasteiger charge is 2.11. The number of aromatic nitrogens is 2. The van der Waals surface area contributed by atoms with Crippen molar-refractivity contribution in [2.24, 2.45) is 0 Å². The number of hydrogen-bond acceptors (Lipinski definition) is 2. The summed E-state index contributed by atoms with van der Waals surface area (Å²) in [7, 11) is 0. The molecule has 0 spiro atoms. The molecule has 0 unspecified atom stereocenters. The molecule has 72 valence electrons. The van der Waals surface area contributed by atoms with E-state index in [1.54, 1.807) is 10.9 Å². The van der Waals surface area contributed by atoms with Gasteiger partial charge in [0.05, 0.1) is 6.04 Å². The molecule has 0 fully saturated rings. The van der Waals surface area contributed by atoms with Gasteiger partial charge in [-0.15, -0.1) is 0 Å². The standard InChI is InChI=1S/C9H14N2O2/c1-3-7(4-2)11-6-5-8(10-11)9(12)13/h5-7H,3-4H2,1-2H3,(H,12,13). The Morgan fingerprint density at radius 3 is 2.62 bits per heavy atom. The lowest BCUT2D eigenvalue weighted by Gasteiger charge is -2.11. The number of hydrogen-bond donors (Lipinski definition) is 1. The van der Waals surface area contributed by atoms with E-state index in [-0.39, 0.29) is 5.69 Å². The van der Waals surface area contributed by atoms with Gasteiger partial charge in [-0.25, -0.2) is 4.79 Å². The van der Waals surface area contributed by atoms with Crippen molar-refractivity contribution < 1.29 is 9.90 Å². The van der Waals surface area contributed by atoms with Crippen LogP contribution < -0.4 is 0 Å². The zero-order chi connectivity index (χ0) is 9.84. The molecule has 1 aromatic heterocycles. The largest absolute Gasteiger partial charge is 0.476 e. The molecule has 0 saturated heterocycles. The van der Waals surface area contributed by atoms with Crippen molar-refractivity contribution in [1.29, 1.82) is 0 Å². The molecule has 0 atom stereocenters. The fourth-order valence-corrected chi connectivity index (χ4v) is 1.32. The summed E-state index contributed by atoms with van der Waals surface area (Å²) in [5.74, 6) is -0.968. The van der Waals surface area contributed by atoms with Crippen molar-refractivity contribution in [3.8, 4) is 0 Å². The van der Waals surface area contributed by atoms with Crippen LogP contribution in [0.2, 0.25) is 0 Å². The number of carbonyl (C=O) groups is 1. The van der Waals surface area contributed by atoms with Gasteiger partial charge in [-0.05, 0) is 18.9 Å². The molecule has 0 saturated carbocycles. The topological polar surface area (TPSA) is 55.1 Å². The molecule has 1 N–H and O–H groups in total. The lowest BCUT2D eigenvalue weighted by Crippen LogP contribution is -2.09.